The van der Waals surface area contributed by atoms with Crippen molar-refractivity contribution in [1.29, 1.82) is 0 Å². The molecule has 0 fully saturated rings. The molecule has 1 N–H and O–H groups in total. The van der Waals surface area contributed by atoms with Crippen LogP contribution in [0.25, 0.3) is 0 Å². The second kappa shape index (κ2) is 13.8. The number of nitrogens with zero attached hydrogens (tertiary/aromatic N) is 2. The van der Waals surface area contributed by atoms with Crippen LogP contribution >= 0.6 is 0 Å². The minimum Gasteiger partial charge on any atom is -0.457 e. The van der Waals surface area contributed by atoms with Crippen LogP contribution < -0.4 is 14.4 Å². The number of hydrogen-bond acceptors (Lipinski definition) is 5. The van der Waals surface area contributed by atoms with Crippen LogP contribution in [-0.4, -0.2) is 51.3 Å². The van der Waals surface area contributed by atoms with E-state index >= 15 is 0 Å². The third-order valence-corrected chi connectivity index (χ3v) is 8.68. The summed E-state index contributed by atoms with van der Waals surface area (Å²) in [5, 5.41) is 2.59. The Bertz CT molecular complexity index is 1580. The zero-order valence-electron chi connectivity index (χ0n) is 23.9. The minimum atomic E-state index is -4.15. The van der Waals surface area contributed by atoms with E-state index in [2.05, 4.69) is 5.32 Å². The number of carbonyl (C=O) groups is 2. The molecule has 0 heterocycles. The largest absolute Gasteiger partial charge is 0.457 e. The molecule has 4 aromatic carbocycles. The molecular formula is C33H35N3O5S. The molecule has 0 saturated carbocycles. The summed E-state index contributed by atoms with van der Waals surface area (Å²) in [5.74, 6) is 0.317. The Balaban J connectivity index is 1.66. The zero-order chi connectivity index (χ0) is 30.1. The molecule has 0 aliphatic rings. The lowest BCUT2D eigenvalue weighted by Gasteiger charge is -2.31. The van der Waals surface area contributed by atoms with Gasteiger partial charge < -0.3 is 15.0 Å². The molecule has 42 heavy (non-hydrogen) atoms. The average molecular weight is 586 g/mol. The van der Waals surface area contributed by atoms with Crippen LogP contribution in [0.4, 0.5) is 5.69 Å². The Morgan fingerprint density at radius 3 is 1.98 bits per heavy atom. The fourth-order valence-corrected chi connectivity index (χ4v) is 5.86. The summed E-state index contributed by atoms with van der Waals surface area (Å²) in [5.41, 5.74) is 2.20. The van der Waals surface area contributed by atoms with Gasteiger partial charge in [-0.2, -0.15) is 0 Å². The zero-order valence-corrected chi connectivity index (χ0v) is 24.8. The van der Waals surface area contributed by atoms with Crippen molar-refractivity contribution in [2.24, 2.45) is 0 Å². The van der Waals surface area contributed by atoms with E-state index in [1.807, 2.05) is 67.6 Å². The number of benzene rings is 4. The van der Waals surface area contributed by atoms with Crippen molar-refractivity contribution in [2.45, 2.75) is 31.2 Å². The van der Waals surface area contributed by atoms with Crippen molar-refractivity contribution in [2.75, 3.05) is 24.4 Å². The van der Waals surface area contributed by atoms with Gasteiger partial charge in [0.25, 0.3) is 10.0 Å². The molecule has 1 atom stereocenters. The third-order valence-electron chi connectivity index (χ3n) is 6.89. The number of ether oxygens (including phenoxy) is 1. The number of likely N-dealkylation sites (N-methyl/N-ethyl adjacent to an activating group) is 1. The molecule has 0 aliphatic heterocycles. The molecule has 0 aromatic heterocycles. The number of rotatable bonds is 12. The Kier molecular flexibility index (Phi) is 9.98. The topological polar surface area (TPSA) is 96.0 Å². The van der Waals surface area contributed by atoms with Crippen molar-refractivity contribution < 1.29 is 22.7 Å². The number of carbonyl (C=O) groups excluding carboxylic acids is 2. The number of hydrogen-bond donors (Lipinski definition) is 1. The minimum absolute atomic E-state index is 0.0562. The molecule has 8 nitrogen and oxygen atoms in total. The van der Waals surface area contributed by atoms with E-state index in [9.17, 15) is 18.0 Å². The van der Waals surface area contributed by atoms with Crippen LogP contribution in [-0.2, 0) is 26.0 Å². The highest BCUT2D eigenvalue weighted by molar-refractivity contribution is 7.92. The van der Waals surface area contributed by atoms with Crippen LogP contribution in [0, 0.1) is 6.92 Å². The van der Waals surface area contributed by atoms with Gasteiger partial charge in [0.2, 0.25) is 11.8 Å². The number of aryl methyl sites for hydroxylation is 1. The highest BCUT2D eigenvalue weighted by Crippen LogP contribution is 2.28. The molecule has 2 amide bonds. The van der Waals surface area contributed by atoms with Crippen molar-refractivity contribution in [3.8, 4) is 11.5 Å². The summed E-state index contributed by atoms with van der Waals surface area (Å²) in [7, 11) is -2.64. The number of sulfonamides is 1. The highest BCUT2D eigenvalue weighted by atomic mass is 32.2. The first-order chi connectivity index (χ1) is 20.2. The van der Waals surface area contributed by atoms with E-state index in [4.69, 9.17) is 4.74 Å². The van der Waals surface area contributed by atoms with Crippen LogP contribution in [0.15, 0.2) is 114 Å². The van der Waals surface area contributed by atoms with E-state index in [0.717, 1.165) is 15.4 Å². The second-order valence-corrected chi connectivity index (χ2v) is 11.7. The van der Waals surface area contributed by atoms with E-state index in [1.165, 1.54) is 24.1 Å². The molecule has 4 aromatic rings. The van der Waals surface area contributed by atoms with E-state index in [-0.39, 0.29) is 17.3 Å². The molecule has 9 heteroatoms. The Morgan fingerprint density at radius 1 is 0.810 bits per heavy atom. The Labute approximate surface area is 247 Å². The fraction of sp³-hybridized carbons (Fsp3) is 0.212. The maximum absolute atomic E-state index is 14.0. The van der Waals surface area contributed by atoms with E-state index in [0.29, 0.717) is 23.6 Å². The normalized spacial score (nSPS) is 11.8. The lowest BCUT2D eigenvalue weighted by atomic mass is 10.1. The highest BCUT2D eigenvalue weighted by Gasteiger charge is 2.32. The second-order valence-electron chi connectivity index (χ2n) is 9.85. The van der Waals surface area contributed by atoms with Gasteiger partial charge in [0.15, 0.2) is 0 Å². The average Bonchev–Trinajstić information content (AvgIpc) is 3.01. The Morgan fingerprint density at radius 2 is 1.38 bits per heavy atom. The number of anilines is 1. The molecule has 0 unspecified atom stereocenters. The summed E-state index contributed by atoms with van der Waals surface area (Å²) < 4.78 is 34.9. The van der Waals surface area contributed by atoms with Gasteiger partial charge in [-0.1, -0.05) is 66.2 Å². The summed E-state index contributed by atoms with van der Waals surface area (Å²) in [6.45, 7) is 3.25. The number of para-hydroxylation sites is 1. The molecule has 218 valence electrons. The third kappa shape index (κ3) is 7.55. The summed E-state index contributed by atoms with van der Waals surface area (Å²) >= 11 is 0. The van der Waals surface area contributed by atoms with Gasteiger partial charge in [-0.3, -0.25) is 13.9 Å². The number of amides is 2. The predicted molar refractivity (Wildman–Crippen MR) is 164 cm³/mol. The van der Waals surface area contributed by atoms with Crippen LogP contribution in [0.2, 0.25) is 0 Å². The van der Waals surface area contributed by atoms with Crippen molar-refractivity contribution in [1.82, 2.24) is 10.2 Å². The molecule has 4 rings (SSSR count). The van der Waals surface area contributed by atoms with E-state index < -0.39 is 28.5 Å². The lowest BCUT2D eigenvalue weighted by Crippen LogP contribution is -2.51. The van der Waals surface area contributed by atoms with E-state index in [1.54, 1.807) is 43.3 Å². The van der Waals surface area contributed by atoms with Crippen LogP contribution in [0.5, 0.6) is 11.5 Å². The number of nitrogens with one attached hydrogen (secondary N) is 1. The quantitative estimate of drug-likeness (QED) is 0.247. The SMILES string of the molecule is CNC(=O)[C@H](C)N(CCc1ccccc1)C(=O)CN(c1ccc(Oc2ccccc2)cc1)S(=O)(=O)c1ccc(C)cc1. The maximum atomic E-state index is 14.0. The van der Waals surface area contributed by atoms with Crippen molar-refractivity contribution in [3.05, 3.63) is 120 Å². The summed E-state index contributed by atoms with van der Waals surface area (Å²) in [6.07, 6.45) is 0.504. The lowest BCUT2D eigenvalue weighted by molar-refractivity contribution is -0.138. The van der Waals surface area contributed by atoms with Gasteiger partial charge in [0.1, 0.15) is 24.1 Å². The molecule has 0 aliphatic carbocycles. The smallest absolute Gasteiger partial charge is 0.264 e. The van der Waals surface area contributed by atoms with Gasteiger partial charge in [-0.25, -0.2) is 8.42 Å². The van der Waals surface area contributed by atoms with Gasteiger partial charge in [0.05, 0.1) is 10.6 Å². The van der Waals surface area contributed by atoms with Crippen molar-refractivity contribution in [3.63, 3.8) is 0 Å². The van der Waals surface area contributed by atoms with Crippen LogP contribution in [0.1, 0.15) is 18.1 Å². The van der Waals surface area contributed by atoms with Crippen LogP contribution in [0.3, 0.4) is 0 Å². The fourth-order valence-electron chi connectivity index (χ4n) is 4.45. The molecular weight excluding hydrogens is 550 g/mol. The first-order valence-electron chi connectivity index (χ1n) is 13.7. The predicted octanol–water partition coefficient (Wildman–Crippen LogP) is 5.19. The standard InChI is InChI=1S/C33H35N3O5S/c1-25-14-20-31(21-15-25)42(39,40)36(28-16-18-30(19-17-28)41-29-12-8-5-9-13-29)24-32(37)35(26(2)33(38)34-3)23-22-27-10-6-4-7-11-27/h4-21,26H,22-24H2,1-3H3,(H,34,38)/t26-/m0/s1. The maximum Gasteiger partial charge on any atom is 0.264 e. The molecule has 0 bridgehead atoms. The van der Waals surface area contributed by atoms with Gasteiger partial charge >= 0.3 is 0 Å². The first-order valence-corrected chi connectivity index (χ1v) is 15.1. The molecule has 0 spiro atoms. The monoisotopic (exact) mass is 585 g/mol. The van der Waals surface area contributed by atoms with Gasteiger partial charge in [-0.05, 0) is 74.4 Å². The summed E-state index contributed by atoms with van der Waals surface area (Å²) in [6, 6.07) is 31.0. The van der Waals surface area contributed by atoms with Crippen molar-refractivity contribution >= 4 is 27.5 Å². The van der Waals surface area contributed by atoms with Gasteiger partial charge in [0, 0.05) is 13.6 Å². The molecule has 0 saturated heterocycles. The molecule has 0 radical (unpaired) electrons. The van der Waals surface area contributed by atoms with Gasteiger partial charge in [-0.15, -0.1) is 0 Å². The first kappa shape index (κ1) is 30.3. The Hall–Kier alpha value is -4.63. The summed E-state index contributed by atoms with van der Waals surface area (Å²) in [4.78, 5) is 28.0.